The average molecular weight is 375 g/mol. The second-order valence-corrected chi connectivity index (χ2v) is 7.23. The molecule has 2 rings (SSSR count). The maximum absolute atomic E-state index is 3.69. The van der Waals surface area contributed by atoms with E-state index in [1.54, 1.807) is 0 Å². The molecule has 0 aliphatic heterocycles. The van der Waals surface area contributed by atoms with Crippen LogP contribution in [0.2, 0.25) is 0 Å². The van der Waals surface area contributed by atoms with Crippen LogP contribution in [0, 0.1) is 11.8 Å². The Balaban J connectivity index is 2.24. The number of hydrogen-bond donors (Lipinski definition) is 1. The maximum Gasteiger partial charge on any atom is 0.0357 e. The van der Waals surface area contributed by atoms with Crippen molar-refractivity contribution in [3.63, 3.8) is 0 Å². The van der Waals surface area contributed by atoms with Gasteiger partial charge in [0.25, 0.3) is 0 Å². The molecule has 1 fully saturated rings. The molecule has 1 N–H and O–H groups in total. The molecule has 0 heterocycles. The van der Waals surface area contributed by atoms with E-state index in [1.807, 2.05) is 0 Å². The van der Waals surface area contributed by atoms with Crippen LogP contribution in [0.5, 0.6) is 0 Å². The molecule has 0 spiro atoms. The lowest BCUT2D eigenvalue weighted by molar-refractivity contribution is 0.229. The molecule has 18 heavy (non-hydrogen) atoms. The van der Waals surface area contributed by atoms with Crippen LogP contribution in [0.15, 0.2) is 27.1 Å². The van der Waals surface area contributed by atoms with Gasteiger partial charge in [-0.2, -0.15) is 0 Å². The molecule has 3 heteroatoms. The molecule has 1 nitrogen and oxygen atoms in total. The van der Waals surface area contributed by atoms with Crippen LogP contribution >= 0.6 is 31.9 Å². The third-order valence-electron chi connectivity index (χ3n) is 4.05. The van der Waals surface area contributed by atoms with E-state index >= 15 is 0 Å². The third-order valence-corrected chi connectivity index (χ3v) is 5.27. The molecule has 0 saturated heterocycles. The Kier molecular flexibility index (Phi) is 5.28. The van der Waals surface area contributed by atoms with Crippen LogP contribution in [0.25, 0.3) is 0 Å². The van der Waals surface area contributed by atoms with Crippen molar-refractivity contribution in [3.8, 4) is 0 Å². The van der Waals surface area contributed by atoms with Crippen LogP contribution in [-0.2, 0) is 0 Å². The summed E-state index contributed by atoms with van der Waals surface area (Å²) in [6.45, 7) is 2.38. The normalized spacial score (nSPS) is 26.0. The monoisotopic (exact) mass is 373 g/mol. The molecule has 0 aromatic heterocycles. The molecule has 3 atom stereocenters. The Hall–Kier alpha value is 0.140. The summed E-state index contributed by atoms with van der Waals surface area (Å²) in [7, 11) is 2.08. The molecule has 0 radical (unpaired) electrons. The molecule has 1 aromatic rings. The molecule has 0 bridgehead atoms. The van der Waals surface area contributed by atoms with Gasteiger partial charge in [0.1, 0.15) is 0 Å². The van der Waals surface area contributed by atoms with Gasteiger partial charge in [-0.25, -0.2) is 0 Å². The first-order valence-corrected chi connectivity index (χ1v) is 8.32. The zero-order valence-corrected chi connectivity index (χ0v) is 14.2. The van der Waals surface area contributed by atoms with Gasteiger partial charge < -0.3 is 5.32 Å². The summed E-state index contributed by atoms with van der Waals surface area (Å²) >= 11 is 7.27. The van der Waals surface area contributed by atoms with Crippen molar-refractivity contribution in [2.24, 2.45) is 11.8 Å². The SMILES string of the molecule is CNC(c1cc(Br)ccc1Br)C1CCCC(C)C1. The quantitative estimate of drug-likeness (QED) is 0.756. The van der Waals surface area contributed by atoms with Gasteiger partial charge in [0.2, 0.25) is 0 Å². The summed E-state index contributed by atoms with van der Waals surface area (Å²) < 4.78 is 2.37. The van der Waals surface area contributed by atoms with Crippen molar-refractivity contribution >= 4 is 31.9 Å². The van der Waals surface area contributed by atoms with Crippen LogP contribution in [0.4, 0.5) is 0 Å². The molecule has 1 saturated carbocycles. The summed E-state index contributed by atoms with van der Waals surface area (Å²) in [6, 6.07) is 6.92. The largest absolute Gasteiger partial charge is 0.313 e. The highest BCUT2D eigenvalue weighted by molar-refractivity contribution is 9.11. The first kappa shape index (κ1) is 14.5. The fraction of sp³-hybridized carbons (Fsp3) is 0.600. The van der Waals surface area contributed by atoms with Crippen molar-refractivity contribution in [1.82, 2.24) is 5.32 Å². The molecule has 3 unspecified atom stereocenters. The van der Waals surface area contributed by atoms with Crippen molar-refractivity contribution < 1.29 is 0 Å². The van der Waals surface area contributed by atoms with E-state index in [9.17, 15) is 0 Å². The fourth-order valence-electron chi connectivity index (χ4n) is 3.18. The lowest BCUT2D eigenvalue weighted by Crippen LogP contribution is -2.29. The van der Waals surface area contributed by atoms with E-state index in [1.165, 1.54) is 35.7 Å². The Morgan fingerprint density at radius 1 is 1.28 bits per heavy atom. The average Bonchev–Trinajstić information content (AvgIpc) is 2.35. The minimum absolute atomic E-state index is 0.458. The summed E-state index contributed by atoms with van der Waals surface area (Å²) in [5, 5.41) is 3.53. The van der Waals surface area contributed by atoms with Gasteiger partial charge in [0, 0.05) is 15.0 Å². The number of hydrogen-bond acceptors (Lipinski definition) is 1. The first-order chi connectivity index (χ1) is 8.61. The number of benzene rings is 1. The molecule has 1 aromatic carbocycles. The van der Waals surface area contributed by atoms with Gasteiger partial charge >= 0.3 is 0 Å². The van der Waals surface area contributed by atoms with Gasteiger partial charge in [0.15, 0.2) is 0 Å². The van der Waals surface area contributed by atoms with E-state index in [0.717, 1.165) is 16.3 Å². The first-order valence-electron chi connectivity index (χ1n) is 6.74. The van der Waals surface area contributed by atoms with E-state index in [-0.39, 0.29) is 0 Å². The number of rotatable bonds is 3. The lowest BCUT2D eigenvalue weighted by atomic mass is 9.77. The minimum atomic E-state index is 0.458. The fourth-order valence-corrected chi connectivity index (χ4v) is 4.05. The van der Waals surface area contributed by atoms with Crippen molar-refractivity contribution in [2.45, 2.75) is 38.6 Å². The molecular weight excluding hydrogens is 354 g/mol. The van der Waals surface area contributed by atoms with Crippen molar-refractivity contribution in [3.05, 3.63) is 32.7 Å². The molecule has 0 amide bonds. The van der Waals surface area contributed by atoms with Crippen molar-refractivity contribution in [1.29, 1.82) is 0 Å². The maximum atomic E-state index is 3.69. The Labute approximate surface area is 127 Å². The molecular formula is C15H21Br2N. The van der Waals surface area contributed by atoms with Crippen LogP contribution in [-0.4, -0.2) is 7.05 Å². The highest BCUT2D eigenvalue weighted by Crippen LogP contribution is 2.39. The minimum Gasteiger partial charge on any atom is -0.313 e. The molecule has 1 aliphatic carbocycles. The topological polar surface area (TPSA) is 12.0 Å². The standard InChI is InChI=1S/C15H21Br2N/c1-10-4-3-5-11(8-10)15(18-2)13-9-12(16)6-7-14(13)17/h6-7,9-11,15,18H,3-5,8H2,1-2H3. The summed E-state index contributed by atoms with van der Waals surface area (Å²) in [5.74, 6) is 1.62. The van der Waals surface area contributed by atoms with Gasteiger partial charge in [-0.3, -0.25) is 0 Å². The lowest BCUT2D eigenvalue weighted by Gasteiger charge is -2.34. The van der Waals surface area contributed by atoms with Gasteiger partial charge in [0.05, 0.1) is 0 Å². The molecule has 1 aliphatic rings. The van der Waals surface area contributed by atoms with Gasteiger partial charge in [-0.15, -0.1) is 0 Å². The predicted octanol–water partition coefficient (Wildman–Crippen LogP) is 5.30. The van der Waals surface area contributed by atoms with Gasteiger partial charge in [-0.1, -0.05) is 51.6 Å². The Morgan fingerprint density at radius 3 is 2.72 bits per heavy atom. The van der Waals surface area contributed by atoms with Crippen LogP contribution < -0.4 is 5.32 Å². The van der Waals surface area contributed by atoms with Gasteiger partial charge in [-0.05, 0) is 55.5 Å². The van der Waals surface area contributed by atoms with Crippen LogP contribution in [0.3, 0.4) is 0 Å². The Bertz CT molecular complexity index is 405. The van der Waals surface area contributed by atoms with E-state index in [4.69, 9.17) is 0 Å². The summed E-state index contributed by atoms with van der Waals surface area (Å²) in [5.41, 5.74) is 1.38. The van der Waals surface area contributed by atoms with E-state index in [0.29, 0.717) is 6.04 Å². The predicted molar refractivity (Wildman–Crippen MR) is 84.8 cm³/mol. The van der Waals surface area contributed by atoms with E-state index < -0.39 is 0 Å². The summed E-state index contributed by atoms with van der Waals surface area (Å²) in [6.07, 6.45) is 5.45. The number of halogens is 2. The third kappa shape index (κ3) is 3.37. The highest BCUT2D eigenvalue weighted by Gasteiger charge is 2.27. The zero-order chi connectivity index (χ0) is 13.1. The van der Waals surface area contributed by atoms with E-state index in [2.05, 4.69) is 69.3 Å². The number of nitrogens with one attached hydrogen (secondary N) is 1. The smallest absolute Gasteiger partial charge is 0.0357 e. The summed E-state index contributed by atoms with van der Waals surface area (Å²) in [4.78, 5) is 0. The molecule has 100 valence electrons. The Morgan fingerprint density at radius 2 is 2.06 bits per heavy atom. The highest BCUT2D eigenvalue weighted by atomic mass is 79.9. The second-order valence-electron chi connectivity index (χ2n) is 5.46. The zero-order valence-electron chi connectivity index (χ0n) is 11.0. The van der Waals surface area contributed by atoms with Crippen molar-refractivity contribution in [2.75, 3.05) is 7.05 Å². The van der Waals surface area contributed by atoms with Crippen LogP contribution in [0.1, 0.15) is 44.2 Å². The second kappa shape index (κ2) is 6.53.